The Bertz CT molecular complexity index is 583. The Balaban J connectivity index is 1.69. The third kappa shape index (κ3) is 3.35. The largest absolute Gasteiger partial charge is 0.344 e. The van der Waals surface area contributed by atoms with E-state index in [9.17, 15) is 9.59 Å². The van der Waals surface area contributed by atoms with Gasteiger partial charge >= 0.3 is 0 Å². The number of carbonyl (C=O) groups is 2. The molecule has 0 unspecified atom stereocenters. The molecule has 1 saturated heterocycles. The average molecular weight is 299 g/mol. The smallest absolute Gasteiger partial charge is 0.245 e. The van der Waals surface area contributed by atoms with Crippen molar-refractivity contribution in [2.75, 3.05) is 13.1 Å². The topological polar surface area (TPSA) is 62.3 Å². The van der Waals surface area contributed by atoms with E-state index in [4.69, 9.17) is 0 Å². The Kier molecular flexibility index (Phi) is 4.51. The van der Waals surface area contributed by atoms with Gasteiger partial charge < -0.3 is 10.2 Å². The van der Waals surface area contributed by atoms with Crippen molar-refractivity contribution in [2.24, 2.45) is 0 Å². The molecule has 0 radical (unpaired) electrons. The quantitative estimate of drug-likeness (QED) is 0.905. The van der Waals surface area contributed by atoms with Gasteiger partial charge in [-0.2, -0.15) is 0 Å². The molecule has 2 amide bonds. The molecule has 1 fully saturated rings. The molecule has 1 atom stereocenters. The molecule has 116 valence electrons. The first kappa shape index (κ1) is 14.8. The van der Waals surface area contributed by atoms with Gasteiger partial charge in [-0.25, -0.2) is 0 Å². The molecule has 1 N–H and O–H groups in total. The van der Waals surface area contributed by atoms with Gasteiger partial charge in [-0.3, -0.25) is 14.6 Å². The number of aromatic nitrogens is 1. The van der Waals surface area contributed by atoms with Gasteiger partial charge in [-0.15, -0.1) is 0 Å². The zero-order valence-electron chi connectivity index (χ0n) is 12.6. The van der Waals surface area contributed by atoms with Crippen molar-refractivity contribution in [3.63, 3.8) is 0 Å². The lowest BCUT2D eigenvalue weighted by atomic mass is 10.0. The lowest BCUT2D eigenvalue weighted by Gasteiger charge is -2.31. The summed E-state index contributed by atoms with van der Waals surface area (Å²) in [5.74, 6) is 0.0488. The van der Waals surface area contributed by atoms with Gasteiger partial charge in [0.15, 0.2) is 0 Å². The van der Waals surface area contributed by atoms with Gasteiger partial charge in [0.25, 0.3) is 0 Å². The van der Waals surface area contributed by atoms with E-state index in [1.54, 1.807) is 12.4 Å². The van der Waals surface area contributed by atoms with Crippen LogP contribution in [0.4, 0.5) is 0 Å². The third-order valence-corrected chi connectivity index (χ3v) is 4.29. The third-order valence-electron chi connectivity index (χ3n) is 4.29. The lowest BCUT2D eigenvalue weighted by Crippen LogP contribution is -2.49. The van der Waals surface area contributed by atoms with Crippen LogP contribution in [0.5, 0.6) is 0 Å². The number of pyridine rings is 1. The summed E-state index contributed by atoms with van der Waals surface area (Å²) in [5, 5.41) is 2.87. The molecular formula is C17H21N3O2. The zero-order chi connectivity index (χ0) is 15.4. The number of nitrogens with one attached hydrogen (secondary N) is 1. The minimum atomic E-state index is -0.355. The monoisotopic (exact) mass is 299 g/mol. The first-order valence-electron chi connectivity index (χ1n) is 7.91. The summed E-state index contributed by atoms with van der Waals surface area (Å²) < 4.78 is 0. The van der Waals surface area contributed by atoms with Gasteiger partial charge in [0.05, 0.1) is 0 Å². The van der Waals surface area contributed by atoms with Crippen LogP contribution in [0.15, 0.2) is 30.6 Å². The van der Waals surface area contributed by atoms with Crippen LogP contribution in [0.3, 0.4) is 0 Å². The van der Waals surface area contributed by atoms with Crippen LogP contribution >= 0.6 is 0 Å². The van der Waals surface area contributed by atoms with E-state index in [1.165, 1.54) is 0 Å². The van der Waals surface area contributed by atoms with Gasteiger partial charge in [-0.05, 0) is 42.5 Å². The normalized spacial score (nSPS) is 22.5. The van der Waals surface area contributed by atoms with Gasteiger partial charge in [-0.1, -0.05) is 12.5 Å². The van der Waals surface area contributed by atoms with E-state index in [-0.39, 0.29) is 17.9 Å². The fourth-order valence-electron chi connectivity index (χ4n) is 3.09. The van der Waals surface area contributed by atoms with Crippen molar-refractivity contribution in [2.45, 2.75) is 38.1 Å². The van der Waals surface area contributed by atoms with Gasteiger partial charge in [0.2, 0.25) is 11.8 Å². The van der Waals surface area contributed by atoms with Gasteiger partial charge in [0, 0.05) is 31.9 Å². The number of hydrogen-bond donors (Lipinski definition) is 1. The molecule has 2 aliphatic rings. The highest BCUT2D eigenvalue weighted by molar-refractivity contribution is 5.89. The number of nitrogens with zero attached hydrogens (tertiary/aromatic N) is 2. The Morgan fingerprint density at radius 2 is 2.09 bits per heavy atom. The number of rotatable bonds is 2. The molecule has 0 aliphatic carbocycles. The SMILES string of the molecule is O=C1CCCC[C@@H](C(=O)N2CCC=C(c3ccncc3)C2)N1. The first-order chi connectivity index (χ1) is 10.7. The van der Waals surface area contributed by atoms with Crippen molar-refractivity contribution in [1.29, 1.82) is 0 Å². The summed E-state index contributed by atoms with van der Waals surface area (Å²) in [6.45, 7) is 1.33. The highest BCUT2D eigenvalue weighted by Crippen LogP contribution is 2.21. The highest BCUT2D eigenvalue weighted by atomic mass is 16.2. The summed E-state index contributed by atoms with van der Waals surface area (Å²) in [6, 6.07) is 3.58. The second kappa shape index (κ2) is 6.73. The van der Waals surface area contributed by atoms with E-state index < -0.39 is 0 Å². The molecule has 22 heavy (non-hydrogen) atoms. The van der Waals surface area contributed by atoms with Crippen LogP contribution in [0.2, 0.25) is 0 Å². The maximum Gasteiger partial charge on any atom is 0.245 e. The Hall–Kier alpha value is -2.17. The van der Waals surface area contributed by atoms with E-state index >= 15 is 0 Å². The van der Waals surface area contributed by atoms with Crippen molar-refractivity contribution >= 4 is 17.4 Å². The fraction of sp³-hybridized carbons (Fsp3) is 0.471. The van der Waals surface area contributed by atoms with Crippen molar-refractivity contribution in [1.82, 2.24) is 15.2 Å². The van der Waals surface area contributed by atoms with Crippen molar-refractivity contribution < 1.29 is 9.59 Å². The molecule has 1 aromatic rings. The molecule has 5 nitrogen and oxygen atoms in total. The zero-order valence-corrected chi connectivity index (χ0v) is 12.6. The molecule has 3 heterocycles. The van der Waals surface area contributed by atoms with Crippen LogP contribution in [0, 0.1) is 0 Å². The summed E-state index contributed by atoms with van der Waals surface area (Å²) >= 11 is 0. The van der Waals surface area contributed by atoms with E-state index in [0.717, 1.165) is 43.4 Å². The molecule has 0 saturated carbocycles. The fourth-order valence-corrected chi connectivity index (χ4v) is 3.09. The van der Waals surface area contributed by atoms with Crippen LogP contribution in [0.1, 0.15) is 37.7 Å². The number of amides is 2. The maximum atomic E-state index is 12.7. The molecule has 0 spiro atoms. The molecule has 0 bridgehead atoms. The lowest BCUT2D eigenvalue weighted by molar-refractivity contribution is -0.135. The van der Waals surface area contributed by atoms with Crippen molar-refractivity contribution in [3.8, 4) is 0 Å². The van der Waals surface area contributed by atoms with Gasteiger partial charge in [0.1, 0.15) is 6.04 Å². The standard InChI is InChI=1S/C17H21N3O2/c21-16-6-2-1-5-15(19-16)17(22)20-11-3-4-14(12-20)13-7-9-18-10-8-13/h4,7-10,15H,1-3,5-6,11-12H2,(H,19,21)/t15-/m0/s1. The average Bonchev–Trinajstić information content (AvgIpc) is 2.79. The van der Waals surface area contributed by atoms with E-state index in [2.05, 4.69) is 16.4 Å². The minimum Gasteiger partial charge on any atom is -0.344 e. The summed E-state index contributed by atoms with van der Waals surface area (Å²) in [4.78, 5) is 30.3. The minimum absolute atomic E-state index is 0.00208. The van der Waals surface area contributed by atoms with Crippen LogP contribution < -0.4 is 5.32 Å². The summed E-state index contributed by atoms with van der Waals surface area (Å²) in [7, 11) is 0. The van der Waals surface area contributed by atoms with Crippen LogP contribution in [-0.2, 0) is 9.59 Å². The second-order valence-electron chi connectivity index (χ2n) is 5.88. The Morgan fingerprint density at radius 3 is 2.91 bits per heavy atom. The summed E-state index contributed by atoms with van der Waals surface area (Å²) in [6.07, 6.45) is 9.65. The highest BCUT2D eigenvalue weighted by Gasteiger charge is 2.28. The molecule has 0 aromatic carbocycles. The van der Waals surface area contributed by atoms with Crippen LogP contribution in [0.25, 0.3) is 5.57 Å². The molecule has 1 aromatic heterocycles. The Morgan fingerprint density at radius 1 is 1.27 bits per heavy atom. The predicted octanol–water partition coefficient (Wildman–Crippen LogP) is 1.76. The molecule has 3 rings (SSSR count). The molecule has 2 aliphatic heterocycles. The number of hydrogen-bond acceptors (Lipinski definition) is 3. The summed E-state index contributed by atoms with van der Waals surface area (Å²) in [5.41, 5.74) is 2.26. The van der Waals surface area contributed by atoms with Crippen molar-refractivity contribution in [3.05, 3.63) is 36.2 Å². The Labute approximate surface area is 130 Å². The predicted molar refractivity (Wildman–Crippen MR) is 83.8 cm³/mol. The molecular weight excluding hydrogens is 278 g/mol. The van der Waals surface area contributed by atoms with Crippen LogP contribution in [-0.4, -0.2) is 40.8 Å². The molecule has 5 heteroatoms. The van der Waals surface area contributed by atoms with E-state index in [0.29, 0.717) is 13.0 Å². The first-order valence-corrected chi connectivity index (χ1v) is 7.91. The second-order valence-corrected chi connectivity index (χ2v) is 5.88. The number of carbonyl (C=O) groups excluding carboxylic acids is 2. The maximum absolute atomic E-state index is 12.7. The van der Waals surface area contributed by atoms with E-state index in [1.807, 2.05) is 17.0 Å².